The molecule has 2 aliphatic rings. The van der Waals surface area contributed by atoms with Gasteiger partial charge in [-0.3, -0.25) is 4.79 Å². The van der Waals surface area contributed by atoms with Crippen molar-refractivity contribution in [2.75, 3.05) is 26.3 Å². The van der Waals surface area contributed by atoms with Crippen LogP contribution in [0.5, 0.6) is 0 Å². The SMILES string of the molecule is CCO[C@@H]1OC(C(=O)N2CCCCC2)=C[C@H](c2ccc(F)cc2)[C@H]1CCCO. The Morgan fingerprint density at radius 3 is 2.61 bits per heavy atom. The summed E-state index contributed by atoms with van der Waals surface area (Å²) in [4.78, 5) is 14.9. The van der Waals surface area contributed by atoms with Crippen molar-refractivity contribution in [3.8, 4) is 0 Å². The number of likely N-dealkylation sites (tertiary alicyclic amines) is 1. The maximum absolute atomic E-state index is 13.4. The van der Waals surface area contributed by atoms with Crippen LogP contribution in [0.3, 0.4) is 0 Å². The summed E-state index contributed by atoms with van der Waals surface area (Å²) < 4.78 is 25.3. The average molecular weight is 391 g/mol. The molecule has 0 bridgehead atoms. The van der Waals surface area contributed by atoms with E-state index in [4.69, 9.17) is 9.47 Å². The number of ether oxygens (including phenoxy) is 2. The monoisotopic (exact) mass is 391 g/mol. The van der Waals surface area contributed by atoms with E-state index in [9.17, 15) is 14.3 Å². The van der Waals surface area contributed by atoms with E-state index in [1.165, 1.54) is 12.1 Å². The molecule has 1 aromatic rings. The first-order valence-electron chi connectivity index (χ1n) is 10.3. The summed E-state index contributed by atoms with van der Waals surface area (Å²) in [6.07, 6.45) is 5.75. The largest absolute Gasteiger partial charge is 0.459 e. The van der Waals surface area contributed by atoms with Crippen molar-refractivity contribution in [3.05, 3.63) is 47.5 Å². The van der Waals surface area contributed by atoms with Crippen molar-refractivity contribution < 1.29 is 23.8 Å². The lowest BCUT2D eigenvalue weighted by Gasteiger charge is -2.38. The van der Waals surface area contributed by atoms with Gasteiger partial charge >= 0.3 is 0 Å². The molecule has 0 aromatic heterocycles. The highest BCUT2D eigenvalue weighted by molar-refractivity contribution is 5.91. The predicted octanol–water partition coefficient (Wildman–Crippen LogP) is 3.59. The summed E-state index contributed by atoms with van der Waals surface area (Å²) >= 11 is 0. The van der Waals surface area contributed by atoms with E-state index in [1.807, 2.05) is 17.9 Å². The maximum Gasteiger partial charge on any atom is 0.288 e. The Kier molecular flexibility index (Phi) is 7.45. The molecular weight excluding hydrogens is 361 g/mol. The molecule has 154 valence electrons. The number of hydrogen-bond donors (Lipinski definition) is 1. The lowest BCUT2D eigenvalue weighted by Crippen LogP contribution is -2.42. The molecule has 0 aliphatic carbocycles. The molecule has 1 N–H and O–H groups in total. The van der Waals surface area contributed by atoms with E-state index in [1.54, 1.807) is 12.1 Å². The summed E-state index contributed by atoms with van der Waals surface area (Å²) in [5.74, 6) is -0.277. The van der Waals surface area contributed by atoms with Crippen LogP contribution in [0, 0.1) is 11.7 Å². The fourth-order valence-electron chi connectivity index (χ4n) is 4.08. The molecule has 6 heteroatoms. The molecule has 0 unspecified atom stereocenters. The highest BCUT2D eigenvalue weighted by Crippen LogP contribution is 2.39. The molecule has 1 saturated heterocycles. The fraction of sp³-hybridized carbons (Fsp3) is 0.591. The topological polar surface area (TPSA) is 59.0 Å². The molecule has 0 saturated carbocycles. The van der Waals surface area contributed by atoms with Crippen molar-refractivity contribution in [2.45, 2.75) is 51.2 Å². The van der Waals surface area contributed by atoms with Crippen molar-refractivity contribution >= 4 is 5.91 Å². The standard InChI is InChI=1S/C22H30FNO4/c1-2-27-22-18(7-6-14-25)19(16-8-10-17(23)11-9-16)15-20(28-22)21(26)24-12-4-3-5-13-24/h8-11,15,18-19,22,25H,2-7,12-14H2,1H3/t18-,19-,22-/m1/s1. The van der Waals surface area contributed by atoms with Crippen LogP contribution in [-0.2, 0) is 14.3 Å². The number of rotatable bonds is 7. The van der Waals surface area contributed by atoms with Gasteiger partial charge in [0, 0.05) is 38.1 Å². The first-order valence-corrected chi connectivity index (χ1v) is 10.3. The third kappa shape index (κ3) is 4.92. The van der Waals surface area contributed by atoms with Crippen LogP contribution >= 0.6 is 0 Å². The van der Waals surface area contributed by atoms with Gasteiger partial charge in [0.25, 0.3) is 5.91 Å². The van der Waals surface area contributed by atoms with Gasteiger partial charge in [0.05, 0.1) is 0 Å². The number of benzene rings is 1. The molecule has 3 atom stereocenters. The predicted molar refractivity (Wildman–Crippen MR) is 104 cm³/mol. The minimum absolute atomic E-state index is 0.0598. The minimum Gasteiger partial charge on any atom is -0.459 e. The van der Waals surface area contributed by atoms with Gasteiger partial charge in [-0.15, -0.1) is 0 Å². The number of carbonyl (C=O) groups excluding carboxylic acids is 1. The molecule has 5 nitrogen and oxygen atoms in total. The molecule has 1 amide bonds. The number of amides is 1. The van der Waals surface area contributed by atoms with Crippen molar-refractivity contribution in [1.29, 1.82) is 0 Å². The number of hydrogen-bond acceptors (Lipinski definition) is 4. The van der Waals surface area contributed by atoms with Crippen LogP contribution in [0.15, 0.2) is 36.1 Å². The summed E-state index contributed by atoms with van der Waals surface area (Å²) in [6, 6.07) is 6.37. The van der Waals surface area contributed by atoms with Crippen molar-refractivity contribution in [2.24, 2.45) is 5.92 Å². The Hall–Kier alpha value is -1.92. The zero-order chi connectivity index (χ0) is 19.9. The molecule has 2 heterocycles. The van der Waals surface area contributed by atoms with E-state index < -0.39 is 6.29 Å². The molecule has 0 spiro atoms. The van der Waals surface area contributed by atoms with Crippen LogP contribution in [0.25, 0.3) is 0 Å². The normalized spacial score (nSPS) is 25.2. The van der Waals surface area contributed by atoms with Crippen LogP contribution < -0.4 is 0 Å². The number of allylic oxidation sites excluding steroid dienone is 1. The van der Waals surface area contributed by atoms with E-state index in [0.717, 1.165) is 37.9 Å². The number of halogens is 1. The summed E-state index contributed by atoms with van der Waals surface area (Å²) in [6.45, 7) is 3.92. The number of nitrogens with zero attached hydrogens (tertiary/aromatic N) is 1. The zero-order valence-electron chi connectivity index (χ0n) is 16.5. The van der Waals surface area contributed by atoms with Gasteiger partial charge in [0.15, 0.2) is 5.76 Å². The number of aliphatic hydroxyl groups excluding tert-OH is 1. The van der Waals surface area contributed by atoms with E-state index in [2.05, 4.69) is 0 Å². The second-order valence-corrected chi connectivity index (χ2v) is 7.43. The van der Waals surface area contributed by atoms with Crippen LogP contribution in [0.2, 0.25) is 0 Å². The Labute approximate surface area is 166 Å². The maximum atomic E-state index is 13.4. The fourth-order valence-corrected chi connectivity index (χ4v) is 4.08. The molecule has 1 aromatic carbocycles. The lowest BCUT2D eigenvalue weighted by atomic mass is 9.80. The van der Waals surface area contributed by atoms with E-state index >= 15 is 0 Å². The molecule has 1 fully saturated rings. The average Bonchev–Trinajstić information content (AvgIpc) is 2.73. The Morgan fingerprint density at radius 2 is 1.96 bits per heavy atom. The number of carbonyl (C=O) groups is 1. The molecule has 3 rings (SSSR count). The number of aliphatic hydroxyl groups is 1. The van der Waals surface area contributed by atoms with Crippen LogP contribution in [-0.4, -0.2) is 48.5 Å². The van der Waals surface area contributed by atoms with Gasteiger partial charge in [-0.05, 0) is 62.8 Å². The number of piperidine rings is 1. The highest BCUT2D eigenvalue weighted by atomic mass is 19.1. The first-order chi connectivity index (χ1) is 13.6. The van der Waals surface area contributed by atoms with Gasteiger partial charge in [0.2, 0.25) is 6.29 Å². The first kappa shape index (κ1) is 20.8. The van der Waals surface area contributed by atoms with E-state index in [0.29, 0.717) is 25.2 Å². The Morgan fingerprint density at radius 1 is 1.25 bits per heavy atom. The van der Waals surface area contributed by atoms with Gasteiger partial charge in [0.1, 0.15) is 5.82 Å². The van der Waals surface area contributed by atoms with Crippen molar-refractivity contribution in [1.82, 2.24) is 4.90 Å². The summed E-state index contributed by atoms with van der Waals surface area (Å²) in [5.41, 5.74) is 0.918. The summed E-state index contributed by atoms with van der Waals surface area (Å²) in [5, 5.41) is 9.31. The van der Waals surface area contributed by atoms with Crippen LogP contribution in [0.1, 0.15) is 50.5 Å². The lowest BCUT2D eigenvalue weighted by molar-refractivity contribution is -0.170. The molecule has 28 heavy (non-hydrogen) atoms. The highest BCUT2D eigenvalue weighted by Gasteiger charge is 2.38. The van der Waals surface area contributed by atoms with Gasteiger partial charge in [-0.2, -0.15) is 0 Å². The quantitative estimate of drug-likeness (QED) is 0.772. The molecule has 2 aliphatic heterocycles. The van der Waals surface area contributed by atoms with Gasteiger partial charge in [-0.25, -0.2) is 4.39 Å². The second kappa shape index (κ2) is 10.0. The third-order valence-corrected chi connectivity index (χ3v) is 5.52. The van der Waals surface area contributed by atoms with Crippen LogP contribution in [0.4, 0.5) is 4.39 Å². The smallest absolute Gasteiger partial charge is 0.288 e. The zero-order valence-corrected chi connectivity index (χ0v) is 16.5. The van der Waals surface area contributed by atoms with Gasteiger partial charge < -0.3 is 19.5 Å². The molecule has 0 radical (unpaired) electrons. The van der Waals surface area contributed by atoms with Crippen molar-refractivity contribution in [3.63, 3.8) is 0 Å². The minimum atomic E-state index is -0.569. The second-order valence-electron chi connectivity index (χ2n) is 7.43. The van der Waals surface area contributed by atoms with E-state index in [-0.39, 0.29) is 30.2 Å². The Bertz CT molecular complexity index is 670. The third-order valence-electron chi connectivity index (χ3n) is 5.52. The molecular formula is C22H30FNO4. The summed E-state index contributed by atoms with van der Waals surface area (Å²) in [7, 11) is 0. The Balaban J connectivity index is 1.92. The van der Waals surface area contributed by atoms with Gasteiger partial charge in [-0.1, -0.05) is 12.1 Å².